The van der Waals surface area contributed by atoms with Gasteiger partial charge in [-0.1, -0.05) is 35.5 Å². The second-order valence-corrected chi connectivity index (χ2v) is 8.99. The molecule has 162 valence electrons. The van der Waals surface area contributed by atoms with E-state index in [-0.39, 0.29) is 35.8 Å². The third kappa shape index (κ3) is 2.95. The molecule has 3 aliphatic rings. The molecule has 3 fully saturated rings. The Bertz CT molecular complexity index is 1200. The minimum atomic E-state index is -0.0794. The van der Waals surface area contributed by atoms with Gasteiger partial charge in [-0.15, -0.1) is 0 Å². The number of likely N-dealkylation sites (tertiary alicyclic amines) is 1. The van der Waals surface area contributed by atoms with Gasteiger partial charge in [0.2, 0.25) is 11.8 Å². The fourth-order valence-corrected chi connectivity index (χ4v) is 5.71. The van der Waals surface area contributed by atoms with Crippen LogP contribution in [0, 0.1) is 0 Å². The second kappa shape index (κ2) is 7.29. The van der Waals surface area contributed by atoms with Crippen LogP contribution in [0.5, 0.6) is 0 Å². The lowest BCUT2D eigenvalue weighted by Gasteiger charge is -2.41. The molecule has 6 rings (SSSR count). The van der Waals surface area contributed by atoms with E-state index in [0.717, 1.165) is 23.8 Å². The Morgan fingerprint density at radius 2 is 1.59 bits per heavy atom. The lowest BCUT2D eigenvalue weighted by Crippen LogP contribution is -2.53. The number of amides is 3. The van der Waals surface area contributed by atoms with E-state index in [4.69, 9.17) is 4.52 Å². The summed E-state index contributed by atoms with van der Waals surface area (Å²) in [6, 6.07) is 15.3. The highest BCUT2D eigenvalue weighted by Crippen LogP contribution is 2.40. The molecule has 0 spiro atoms. The van der Waals surface area contributed by atoms with Gasteiger partial charge in [0, 0.05) is 42.1 Å². The maximum atomic E-state index is 13.6. The number of piperidine rings is 1. The van der Waals surface area contributed by atoms with Crippen molar-refractivity contribution in [2.75, 3.05) is 0 Å². The molecule has 1 aromatic heterocycles. The average Bonchev–Trinajstić information content (AvgIpc) is 3.46. The van der Waals surface area contributed by atoms with Crippen molar-refractivity contribution in [1.82, 2.24) is 15.0 Å². The second-order valence-electron chi connectivity index (χ2n) is 8.99. The zero-order chi connectivity index (χ0) is 21.8. The summed E-state index contributed by atoms with van der Waals surface area (Å²) in [5.41, 5.74) is 2.25. The molecule has 2 bridgehead atoms. The molecule has 2 unspecified atom stereocenters. The molecular weight excluding hydrogens is 406 g/mol. The van der Waals surface area contributed by atoms with Crippen LogP contribution >= 0.6 is 0 Å². The van der Waals surface area contributed by atoms with Crippen molar-refractivity contribution < 1.29 is 18.9 Å². The van der Waals surface area contributed by atoms with Gasteiger partial charge in [0.05, 0.1) is 5.39 Å². The van der Waals surface area contributed by atoms with E-state index in [1.165, 1.54) is 4.90 Å². The summed E-state index contributed by atoms with van der Waals surface area (Å²) < 4.78 is 5.58. The van der Waals surface area contributed by atoms with E-state index >= 15 is 0 Å². The molecule has 0 N–H and O–H groups in total. The molecule has 4 heterocycles. The van der Waals surface area contributed by atoms with Crippen LogP contribution < -0.4 is 0 Å². The molecule has 3 aromatic rings. The van der Waals surface area contributed by atoms with Crippen LogP contribution in [0.1, 0.15) is 48.9 Å². The number of benzene rings is 2. The van der Waals surface area contributed by atoms with Crippen LogP contribution in [0.4, 0.5) is 0 Å². The number of hydrogen-bond donors (Lipinski definition) is 0. The van der Waals surface area contributed by atoms with Gasteiger partial charge in [-0.2, -0.15) is 0 Å². The number of nitrogens with zero attached hydrogens (tertiary/aromatic N) is 3. The number of imide groups is 1. The minimum Gasteiger partial charge on any atom is -0.355 e. The molecule has 3 aliphatic heterocycles. The third-order valence-electron chi connectivity index (χ3n) is 7.16. The molecule has 32 heavy (non-hydrogen) atoms. The van der Waals surface area contributed by atoms with Crippen molar-refractivity contribution in [2.45, 2.75) is 56.7 Å². The monoisotopic (exact) mass is 429 g/mol. The van der Waals surface area contributed by atoms with Gasteiger partial charge < -0.3 is 9.42 Å². The Kier molecular flexibility index (Phi) is 4.38. The molecule has 7 nitrogen and oxygen atoms in total. The van der Waals surface area contributed by atoms with Gasteiger partial charge >= 0.3 is 0 Å². The molecule has 2 aromatic carbocycles. The molecule has 2 atom stereocenters. The fourth-order valence-electron chi connectivity index (χ4n) is 5.71. The van der Waals surface area contributed by atoms with Gasteiger partial charge in [-0.3, -0.25) is 19.3 Å². The maximum absolute atomic E-state index is 13.6. The highest BCUT2D eigenvalue weighted by atomic mass is 16.5. The first-order valence-corrected chi connectivity index (χ1v) is 11.2. The summed E-state index contributed by atoms with van der Waals surface area (Å²) in [7, 11) is 0. The van der Waals surface area contributed by atoms with Gasteiger partial charge in [0.25, 0.3) is 5.91 Å². The van der Waals surface area contributed by atoms with Crippen LogP contribution in [0.2, 0.25) is 0 Å². The van der Waals surface area contributed by atoms with Crippen molar-refractivity contribution in [3.63, 3.8) is 0 Å². The summed E-state index contributed by atoms with van der Waals surface area (Å²) in [5.74, 6) is 0.524. The van der Waals surface area contributed by atoms with Crippen LogP contribution in [-0.4, -0.2) is 50.8 Å². The number of carbonyl (C=O) groups is 3. The number of hydrogen-bond acceptors (Lipinski definition) is 5. The zero-order valence-electron chi connectivity index (χ0n) is 17.6. The predicted octanol–water partition coefficient (Wildman–Crippen LogP) is 3.78. The van der Waals surface area contributed by atoms with Crippen LogP contribution in [0.3, 0.4) is 0 Å². The van der Waals surface area contributed by atoms with Crippen molar-refractivity contribution in [3.8, 4) is 11.3 Å². The van der Waals surface area contributed by atoms with E-state index in [1.54, 1.807) is 6.07 Å². The van der Waals surface area contributed by atoms with Gasteiger partial charge in [0.1, 0.15) is 5.52 Å². The fraction of sp³-hybridized carbons (Fsp3) is 0.360. The molecule has 3 amide bonds. The van der Waals surface area contributed by atoms with Crippen molar-refractivity contribution in [3.05, 3.63) is 54.1 Å². The first-order chi connectivity index (χ1) is 15.6. The van der Waals surface area contributed by atoms with E-state index in [9.17, 15) is 14.4 Å². The number of carbonyl (C=O) groups excluding carboxylic acids is 3. The Morgan fingerprint density at radius 3 is 2.28 bits per heavy atom. The highest BCUT2D eigenvalue weighted by molar-refractivity contribution is 6.03. The third-order valence-corrected chi connectivity index (χ3v) is 7.16. The quantitative estimate of drug-likeness (QED) is 0.592. The molecule has 0 radical (unpaired) electrons. The Hall–Kier alpha value is -3.48. The van der Waals surface area contributed by atoms with E-state index < -0.39 is 0 Å². The Balaban J connectivity index is 1.28. The van der Waals surface area contributed by atoms with Crippen LogP contribution in [-0.2, 0) is 9.59 Å². The summed E-state index contributed by atoms with van der Waals surface area (Å²) >= 11 is 0. The zero-order valence-corrected chi connectivity index (χ0v) is 17.6. The van der Waals surface area contributed by atoms with Crippen molar-refractivity contribution in [1.29, 1.82) is 0 Å². The SMILES string of the molecule is O=C1CCC(=O)N1C1CC2CCC(C1)N2C(=O)c1ccc2noc(-c3ccccc3)c2c1. The molecule has 7 heteroatoms. The molecule has 0 aliphatic carbocycles. The first kappa shape index (κ1) is 19.2. The van der Waals surface area contributed by atoms with Gasteiger partial charge in [0.15, 0.2) is 5.76 Å². The highest BCUT2D eigenvalue weighted by Gasteiger charge is 2.47. The number of aromatic nitrogens is 1. The normalized spacial score (nSPS) is 25.2. The summed E-state index contributed by atoms with van der Waals surface area (Å²) in [6.45, 7) is 0. The van der Waals surface area contributed by atoms with Gasteiger partial charge in [-0.25, -0.2) is 0 Å². The average molecular weight is 429 g/mol. The lowest BCUT2D eigenvalue weighted by molar-refractivity contribution is -0.142. The topological polar surface area (TPSA) is 83.7 Å². The van der Waals surface area contributed by atoms with Crippen molar-refractivity contribution in [2.24, 2.45) is 0 Å². The number of rotatable bonds is 3. The van der Waals surface area contributed by atoms with E-state index in [0.29, 0.717) is 42.5 Å². The van der Waals surface area contributed by atoms with E-state index in [2.05, 4.69) is 5.16 Å². The minimum absolute atomic E-state index is 0.00265. The lowest BCUT2D eigenvalue weighted by atomic mass is 9.94. The van der Waals surface area contributed by atoms with Crippen LogP contribution in [0.15, 0.2) is 53.1 Å². The smallest absolute Gasteiger partial charge is 0.254 e. The summed E-state index contributed by atoms with van der Waals surface area (Å²) in [5, 5.41) is 4.97. The van der Waals surface area contributed by atoms with Crippen LogP contribution in [0.25, 0.3) is 22.2 Å². The Labute approximate surface area is 185 Å². The Morgan fingerprint density at radius 1 is 0.906 bits per heavy atom. The standard InChI is InChI=1S/C25H23N3O4/c29-22-10-11-23(30)28(22)19-13-17-7-8-18(14-19)27(17)25(31)16-6-9-21-20(12-16)24(32-26-21)15-4-2-1-3-5-15/h1-6,9,12,17-19H,7-8,10-11,13-14H2. The molecular formula is C25H23N3O4. The van der Waals surface area contributed by atoms with E-state index in [1.807, 2.05) is 47.4 Å². The molecule has 0 saturated carbocycles. The largest absolute Gasteiger partial charge is 0.355 e. The summed E-state index contributed by atoms with van der Waals surface area (Å²) in [4.78, 5) is 41.4. The first-order valence-electron chi connectivity index (χ1n) is 11.2. The predicted molar refractivity (Wildman–Crippen MR) is 117 cm³/mol. The summed E-state index contributed by atoms with van der Waals surface area (Å²) in [6.07, 6.45) is 3.79. The van der Waals surface area contributed by atoms with Crippen molar-refractivity contribution >= 4 is 28.6 Å². The molecule has 3 saturated heterocycles. The van der Waals surface area contributed by atoms with Gasteiger partial charge in [-0.05, 0) is 43.9 Å². The number of fused-ring (bicyclic) bond motifs is 3. The maximum Gasteiger partial charge on any atom is 0.254 e.